The summed E-state index contributed by atoms with van der Waals surface area (Å²) >= 11 is 0. The lowest BCUT2D eigenvalue weighted by Crippen LogP contribution is -2.22. The molecule has 13 nitrogen and oxygen atoms in total. The maximum Gasteiger partial charge on any atom is 0.272 e. The van der Waals surface area contributed by atoms with E-state index < -0.39 is 10.7 Å². The fourth-order valence-electron chi connectivity index (χ4n) is 6.98. The van der Waals surface area contributed by atoms with Crippen LogP contribution in [0.5, 0.6) is 0 Å². The number of nitrogens with one attached hydrogen (secondary N) is 2. The third-order valence-corrected chi connectivity index (χ3v) is 10.3. The number of hydrogen-bond donors (Lipinski definition) is 4. The van der Waals surface area contributed by atoms with E-state index in [2.05, 4.69) is 37.5 Å². The zero-order chi connectivity index (χ0) is 40.7. The lowest BCUT2D eigenvalue weighted by Gasteiger charge is -2.15. The molecule has 3 saturated heterocycles. The van der Waals surface area contributed by atoms with E-state index in [-0.39, 0.29) is 41.1 Å². The van der Waals surface area contributed by atoms with Crippen LogP contribution in [-0.4, -0.2) is 103 Å². The van der Waals surface area contributed by atoms with E-state index in [4.69, 9.17) is 11.5 Å². The van der Waals surface area contributed by atoms with Crippen molar-refractivity contribution in [3.05, 3.63) is 97.3 Å². The van der Waals surface area contributed by atoms with Crippen molar-refractivity contribution in [1.29, 1.82) is 0 Å². The molecule has 3 aromatic rings. The molecule has 58 heavy (non-hydrogen) atoms. The summed E-state index contributed by atoms with van der Waals surface area (Å²) in [4.78, 5) is 27.6. The number of halogens is 3. The topological polar surface area (TPSA) is 172 Å². The zero-order valence-corrected chi connectivity index (χ0v) is 36.4. The Labute approximate surface area is 357 Å². The zero-order valence-electron chi connectivity index (χ0n) is 34.8. The van der Waals surface area contributed by atoms with Gasteiger partial charge >= 0.3 is 0 Å². The summed E-state index contributed by atoms with van der Waals surface area (Å²) in [7, 11) is 0. The Hall–Kier alpha value is -3.79. The first-order valence-electron chi connectivity index (χ1n) is 20.3. The average molecular weight is 853 g/mol. The smallest absolute Gasteiger partial charge is 0.272 e. The second-order valence-corrected chi connectivity index (χ2v) is 14.9. The summed E-state index contributed by atoms with van der Waals surface area (Å²) in [5.41, 5.74) is 16.5. The van der Waals surface area contributed by atoms with Gasteiger partial charge in [-0.2, -0.15) is 0 Å². The molecule has 0 unspecified atom stereocenters. The maximum atomic E-state index is 12.4. The Morgan fingerprint density at radius 2 is 0.983 bits per heavy atom. The van der Waals surface area contributed by atoms with Gasteiger partial charge in [0.05, 0.1) is 9.85 Å². The van der Waals surface area contributed by atoms with Gasteiger partial charge in [-0.05, 0) is 192 Å². The highest BCUT2D eigenvalue weighted by Gasteiger charge is 2.13. The van der Waals surface area contributed by atoms with Crippen molar-refractivity contribution in [3.8, 4) is 0 Å². The third kappa shape index (κ3) is 20.3. The Morgan fingerprint density at radius 1 is 0.603 bits per heavy atom. The molecular formula is C42H68Cl2FN9O4. The maximum absolute atomic E-state index is 12.4. The number of likely N-dealkylation sites (tertiary alicyclic amines) is 3. The van der Waals surface area contributed by atoms with E-state index in [9.17, 15) is 24.6 Å². The van der Waals surface area contributed by atoms with E-state index in [1.165, 1.54) is 116 Å². The van der Waals surface area contributed by atoms with Crippen LogP contribution >= 0.6 is 24.8 Å². The lowest BCUT2D eigenvalue weighted by atomic mass is 10.2. The van der Waals surface area contributed by atoms with Gasteiger partial charge < -0.3 is 36.8 Å². The van der Waals surface area contributed by atoms with Crippen LogP contribution in [0.4, 0.5) is 32.8 Å². The molecule has 3 heterocycles. The van der Waals surface area contributed by atoms with Gasteiger partial charge in [0.15, 0.2) is 0 Å². The normalized spacial score (nSPS) is 15.0. The predicted octanol–water partition coefficient (Wildman–Crippen LogP) is 8.59. The summed E-state index contributed by atoms with van der Waals surface area (Å²) in [6.45, 7) is 19.4. The molecule has 3 fully saturated rings. The van der Waals surface area contributed by atoms with Gasteiger partial charge in [-0.3, -0.25) is 20.2 Å². The van der Waals surface area contributed by atoms with Crippen molar-refractivity contribution in [2.45, 2.75) is 78.6 Å². The molecule has 0 radical (unpaired) electrons. The Kier molecular flexibility index (Phi) is 26.5. The fourth-order valence-corrected chi connectivity index (χ4v) is 6.98. The molecule has 0 amide bonds. The summed E-state index contributed by atoms with van der Waals surface area (Å²) in [5.74, 6) is -0.451. The third-order valence-electron chi connectivity index (χ3n) is 10.3. The van der Waals surface area contributed by atoms with Gasteiger partial charge in [0.2, 0.25) is 0 Å². The van der Waals surface area contributed by atoms with Crippen LogP contribution in [0.15, 0.2) is 54.6 Å². The van der Waals surface area contributed by atoms with Crippen LogP contribution in [0.2, 0.25) is 0 Å². The average Bonchev–Trinajstić information content (AvgIpc) is 3.99. The highest BCUT2D eigenvalue weighted by Crippen LogP contribution is 2.22. The number of hydrogen-bond acceptors (Lipinski definition) is 11. The fraction of sp³-hybridized carbons (Fsp3) is 0.571. The molecule has 16 heteroatoms. The molecule has 3 aliphatic rings. The first-order valence-corrected chi connectivity index (χ1v) is 20.3. The van der Waals surface area contributed by atoms with Gasteiger partial charge in [0.1, 0.15) is 5.82 Å². The van der Waals surface area contributed by atoms with Crippen LogP contribution in [0, 0.1) is 46.8 Å². The first kappa shape index (κ1) is 52.2. The van der Waals surface area contributed by atoms with E-state index in [1.807, 2.05) is 19.1 Å². The minimum absolute atomic E-state index is 0. The second-order valence-electron chi connectivity index (χ2n) is 14.9. The number of benzene rings is 3. The summed E-state index contributed by atoms with van der Waals surface area (Å²) in [6, 6.07) is 14.7. The molecule has 0 spiro atoms. The monoisotopic (exact) mass is 851 g/mol. The van der Waals surface area contributed by atoms with E-state index in [0.717, 1.165) is 67.7 Å². The number of rotatable bonds is 15. The van der Waals surface area contributed by atoms with Crippen molar-refractivity contribution in [3.63, 3.8) is 0 Å². The van der Waals surface area contributed by atoms with Crippen molar-refractivity contribution in [2.75, 3.05) is 94.9 Å². The summed E-state index contributed by atoms with van der Waals surface area (Å²) in [5, 5.41) is 27.7. The van der Waals surface area contributed by atoms with Crippen molar-refractivity contribution < 1.29 is 14.2 Å². The number of nitro groups is 2. The van der Waals surface area contributed by atoms with Crippen LogP contribution in [0.3, 0.4) is 0 Å². The minimum Gasteiger partial charge on any atom is -0.399 e. The molecule has 0 atom stereocenters. The van der Waals surface area contributed by atoms with E-state index in [0.29, 0.717) is 11.1 Å². The van der Waals surface area contributed by atoms with Gasteiger partial charge in [0.25, 0.3) is 11.4 Å². The Bertz CT molecular complexity index is 1620. The quantitative estimate of drug-likeness (QED) is 0.0500. The van der Waals surface area contributed by atoms with Gasteiger partial charge in [-0.15, -0.1) is 24.8 Å². The largest absolute Gasteiger partial charge is 0.399 e. The molecular weight excluding hydrogens is 784 g/mol. The molecule has 326 valence electrons. The molecule has 6 rings (SSSR count). The molecule has 0 bridgehead atoms. The number of aryl methyl sites for hydroxylation is 3. The molecule has 3 aromatic carbocycles. The first-order chi connectivity index (χ1) is 27.0. The summed E-state index contributed by atoms with van der Waals surface area (Å²) < 4.78 is 12.4. The minimum atomic E-state index is -0.533. The molecule has 0 saturated carbocycles. The number of nitrogens with two attached hydrogens (primary N) is 2. The van der Waals surface area contributed by atoms with Gasteiger partial charge in [-0.1, -0.05) is 0 Å². The van der Waals surface area contributed by atoms with Crippen molar-refractivity contribution >= 4 is 53.3 Å². The number of nitro benzene ring substituents is 2. The lowest BCUT2D eigenvalue weighted by molar-refractivity contribution is -0.385. The predicted molar refractivity (Wildman–Crippen MR) is 243 cm³/mol. The molecule has 0 aliphatic carbocycles. The van der Waals surface area contributed by atoms with E-state index in [1.54, 1.807) is 19.1 Å². The Balaban J connectivity index is 0.000000397. The SMILES string of the molecule is Cc1cc(F)ccc1[N+](=O)[O-].Cc1cc(NCCCN2CCCC2)ccc1N.Cc1cc(NCCCN2CCCC2)ccc1[N+](=O)[O-].Cl.Cl.NCCCN1CCCC1. The van der Waals surface area contributed by atoms with Crippen molar-refractivity contribution in [2.24, 2.45) is 5.73 Å². The molecule has 0 aromatic heterocycles. The second kappa shape index (κ2) is 29.4. The van der Waals surface area contributed by atoms with Crippen LogP contribution in [-0.2, 0) is 0 Å². The Morgan fingerprint density at radius 3 is 1.36 bits per heavy atom. The van der Waals surface area contributed by atoms with Gasteiger partial charge in [-0.25, -0.2) is 4.39 Å². The number of nitrogen functional groups attached to an aromatic ring is 1. The van der Waals surface area contributed by atoms with Crippen molar-refractivity contribution in [1.82, 2.24) is 14.7 Å². The number of nitrogens with zero attached hydrogens (tertiary/aromatic N) is 5. The van der Waals surface area contributed by atoms with Gasteiger partial charge in [0, 0.05) is 53.4 Å². The van der Waals surface area contributed by atoms with E-state index >= 15 is 0 Å². The van der Waals surface area contributed by atoms with Crippen LogP contribution in [0.25, 0.3) is 0 Å². The molecule has 6 N–H and O–H groups in total. The highest BCUT2D eigenvalue weighted by molar-refractivity contribution is 5.85. The molecule has 3 aliphatic heterocycles. The number of anilines is 3. The standard InChI is InChI=1S/C14H21N3O2.C14H23N3.C7H6FNO2.C7H16N2.2ClH/c1-12-11-13(5-6-14(12)17(18)19)15-7-4-10-16-8-2-3-9-16;1-12-11-13(5-6-14(12)15)16-7-4-10-17-8-2-3-9-17;1-5-4-6(8)2-3-7(5)9(10)11;8-4-3-7-9-5-1-2-6-9;;/h5-6,11,15H,2-4,7-10H2,1H3;5-6,11,16H,2-4,7-10,15H2,1H3;2-4H,1H3;1-8H2;2*1H. The summed E-state index contributed by atoms with van der Waals surface area (Å²) in [6.07, 6.45) is 11.7. The highest BCUT2D eigenvalue weighted by atomic mass is 35.5. The van der Waals surface area contributed by atoms with Crippen LogP contribution in [0.1, 0.15) is 74.5 Å². The van der Waals surface area contributed by atoms with Crippen LogP contribution < -0.4 is 22.1 Å².